The lowest BCUT2D eigenvalue weighted by Crippen LogP contribution is -2.50. The smallest absolute Gasteiger partial charge is 0.409 e. The number of nitrogens with zero attached hydrogens (tertiary/aromatic N) is 4. The van der Waals surface area contributed by atoms with Gasteiger partial charge in [0.15, 0.2) is 0 Å². The van der Waals surface area contributed by atoms with Crippen LogP contribution in [0.1, 0.15) is 10.4 Å². The zero-order chi connectivity index (χ0) is 26.5. The van der Waals surface area contributed by atoms with Crippen LogP contribution < -0.4 is 0 Å². The lowest BCUT2D eigenvalue weighted by atomic mass is 10.1. The summed E-state index contributed by atoms with van der Waals surface area (Å²) in [6.07, 6.45) is -0.436. The van der Waals surface area contributed by atoms with Gasteiger partial charge in [0.25, 0.3) is 5.91 Å². The highest BCUT2D eigenvalue weighted by Gasteiger charge is 2.27. The second-order valence-corrected chi connectivity index (χ2v) is 9.29. The van der Waals surface area contributed by atoms with Crippen molar-refractivity contribution in [1.82, 2.24) is 19.6 Å². The van der Waals surface area contributed by atoms with Crippen LogP contribution in [0.4, 0.5) is 9.18 Å². The van der Waals surface area contributed by atoms with Crippen molar-refractivity contribution in [2.24, 2.45) is 0 Å². The molecule has 0 bridgehead atoms. The van der Waals surface area contributed by atoms with Crippen molar-refractivity contribution >= 4 is 23.6 Å². The molecule has 1 aromatic heterocycles. The highest BCUT2D eigenvalue weighted by molar-refractivity contribution is 6.33. The van der Waals surface area contributed by atoms with Crippen molar-refractivity contribution in [3.8, 4) is 22.5 Å². The number of benzene rings is 3. The first-order valence-corrected chi connectivity index (χ1v) is 12.7. The fourth-order valence-corrected chi connectivity index (χ4v) is 4.66. The molecule has 0 unspecified atom stereocenters. The minimum atomic E-state index is -0.499. The van der Waals surface area contributed by atoms with Crippen molar-refractivity contribution < 1.29 is 18.7 Å². The third-order valence-electron chi connectivity index (χ3n) is 6.43. The van der Waals surface area contributed by atoms with E-state index in [4.69, 9.17) is 21.4 Å². The minimum absolute atomic E-state index is 0.0701. The third-order valence-corrected chi connectivity index (χ3v) is 6.75. The van der Waals surface area contributed by atoms with Crippen LogP contribution in [-0.4, -0.2) is 64.4 Å². The Bertz CT molecular complexity index is 1420. The first-order valence-electron chi connectivity index (χ1n) is 12.3. The number of amides is 2. The van der Waals surface area contributed by atoms with Crippen molar-refractivity contribution in [2.75, 3.05) is 32.8 Å². The maximum atomic E-state index is 13.3. The molecule has 2 amide bonds. The molecular weight excluding hydrogens is 507 g/mol. The summed E-state index contributed by atoms with van der Waals surface area (Å²) in [6, 6.07) is 25.6. The molecule has 1 aliphatic rings. The molecule has 2 heterocycles. The van der Waals surface area contributed by atoms with E-state index >= 15 is 0 Å². The van der Waals surface area contributed by atoms with E-state index in [1.807, 2.05) is 71.4 Å². The van der Waals surface area contributed by atoms with Gasteiger partial charge in [0, 0.05) is 31.7 Å². The molecule has 1 fully saturated rings. The van der Waals surface area contributed by atoms with Gasteiger partial charge in [-0.3, -0.25) is 9.48 Å². The van der Waals surface area contributed by atoms with Gasteiger partial charge in [-0.1, -0.05) is 72.3 Å². The van der Waals surface area contributed by atoms with Crippen LogP contribution in [0.25, 0.3) is 22.5 Å². The van der Waals surface area contributed by atoms with Crippen molar-refractivity contribution in [3.05, 3.63) is 101 Å². The van der Waals surface area contributed by atoms with Gasteiger partial charge in [0.05, 0.1) is 28.5 Å². The zero-order valence-corrected chi connectivity index (χ0v) is 21.4. The summed E-state index contributed by atoms with van der Waals surface area (Å²) in [6.45, 7) is 1.87. The lowest BCUT2D eigenvalue weighted by Gasteiger charge is -2.34. The number of hydrogen-bond acceptors (Lipinski definition) is 4. The van der Waals surface area contributed by atoms with E-state index in [2.05, 4.69) is 0 Å². The summed E-state index contributed by atoms with van der Waals surface area (Å²) < 4.78 is 20.7. The summed E-state index contributed by atoms with van der Waals surface area (Å²) >= 11 is 6.04. The number of carbonyl (C=O) groups excluding carboxylic acids is 2. The third kappa shape index (κ3) is 5.70. The Labute approximate surface area is 225 Å². The summed E-state index contributed by atoms with van der Waals surface area (Å²) in [5.41, 5.74) is 4.06. The Kier molecular flexibility index (Phi) is 7.70. The van der Waals surface area contributed by atoms with Gasteiger partial charge < -0.3 is 14.5 Å². The number of ether oxygens (including phenoxy) is 1. The lowest BCUT2D eigenvalue weighted by molar-refractivity contribution is 0.0551. The second kappa shape index (κ2) is 11.5. The molecule has 4 aromatic rings. The molecule has 7 nitrogen and oxygen atoms in total. The molecule has 0 N–H and O–H groups in total. The molecule has 1 saturated heterocycles. The molecule has 194 valence electrons. The molecule has 0 atom stereocenters. The Morgan fingerprint density at radius 2 is 1.47 bits per heavy atom. The number of halogens is 2. The van der Waals surface area contributed by atoms with Crippen LogP contribution in [0.2, 0.25) is 5.02 Å². The summed E-state index contributed by atoms with van der Waals surface area (Å²) in [4.78, 5) is 28.7. The predicted molar refractivity (Wildman–Crippen MR) is 143 cm³/mol. The van der Waals surface area contributed by atoms with Crippen LogP contribution in [-0.2, 0) is 11.3 Å². The molecule has 38 heavy (non-hydrogen) atoms. The Morgan fingerprint density at radius 1 is 0.842 bits per heavy atom. The molecular formula is C29H26ClFN4O3. The predicted octanol–water partition coefficient (Wildman–Crippen LogP) is 5.60. The standard InChI is InChI=1S/C29H26ClFN4O3/c30-25-19-23(31)11-12-24(25)28(36)33-13-15-34(16-14-33)29(37)38-18-17-35-27(22-9-5-2-6-10-22)20-26(32-35)21-7-3-1-4-8-21/h1-12,19-20H,13-18H2. The van der Waals surface area contributed by atoms with E-state index in [0.29, 0.717) is 32.7 Å². The molecule has 5 rings (SSSR count). The highest BCUT2D eigenvalue weighted by Crippen LogP contribution is 2.26. The monoisotopic (exact) mass is 532 g/mol. The van der Waals surface area contributed by atoms with E-state index in [1.54, 1.807) is 9.80 Å². The van der Waals surface area contributed by atoms with E-state index < -0.39 is 11.9 Å². The number of aromatic nitrogens is 2. The fourth-order valence-electron chi connectivity index (χ4n) is 4.41. The van der Waals surface area contributed by atoms with Gasteiger partial charge >= 0.3 is 6.09 Å². The first-order chi connectivity index (χ1) is 18.5. The van der Waals surface area contributed by atoms with Crippen molar-refractivity contribution in [1.29, 1.82) is 0 Å². The van der Waals surface area contributed by atoms with Crippen LogP contribution in [0.5, 0.6) is 0 Å². The van der Waals surface area contributed by atoms with Crippen molar-refractivity contribution in [3.63, 3.8) is 0 Å². The first kappa shape index (κ1) is 25.5. The Morgan fingerprint density at radius 3 is 2.13 bits per heavy atom. The van der Waals surface area contributed by atoms with Crippen LogP contribution in [0.15, 0.2) is 84.9 Å². The largest absolute Gasteiger partial charge is 0.447 e. The van der Waals surface area contributed by atoms with E-state index in [0.717, 1.165) is 28.6 Å². The maximum absolute atomic E-state index is 13.3. The van der Waals surface area contributed by atoms with Crippen LogP contribution in [0.3, 0.4) is 0 Å². The molecule has 9 heteroatoms. The molecule has 0 spiro atoms. The molecule has 3 aromatic carbocycles. The fraction of sp³-hybridized carbons (Fsp3) is 0.207. The number of piperazine rings is 1. The Hall–Kier alpha value is -4.17. The summed E-state index contributed by atoms with van der Waals surface area (Å²) in [7, 11) is 0. The second-order valence-electron chi connectivity index (χ2n) is 8.89. The Balaban J connectivity index is 1.18. The molecule has 0 saturated carbocycles. The zero-order valence-electron chi connectivity index (χ0n) is 20.6. The van der Waals surface area contributed by atoms with Crippen LogP contribution >= 0.6 is 11.6 Å². The van der Waals surface area contributed by atoms with Crippen LogP contribution in [0, 0.1) is 5.82 Å². The molecule has 1 aliphatic heterocycles. The minimum Gasteiger partial charge on any atom is -0.447 e. The van der Waals surface area contributed by atoms with E-state index in [1.165, 1.54) is 12.1 Å². The van der Waals surface area contributed by atoms with E-state index in [-0.39, 0.29) is 23.1 Å². The topological polar surface area (TPSA) is 67.7 Å². The van der Waals surface area contributed by atoms with E-state index in [9.17, 15) is 14.0 Å². The highest BCUT2D eigenvalue weighted by atomic mass is 35.5. The molecule has 0 radical (unpaired) electrons. The molecule has 0 aliphatic carbocycles. The van der Waals surface area contributed by atoms with Gasteiger partial charge in [0.2, 0.25) is 0 Å². The van der Waals surface area contributed by atoms with Gasteiger partial charge in [-0.15, -0.1) is 0 Å². The average Bonchev–Trinajstić information content (AvgIpc) is 3.38. The summed E-state index contributed by atoms with van der Waals surface area (Å²) in [5, 5.41) is 4.84. The van der Waals surface area contributed by atoms with Gasteiger partial charge in [-0.25, -0.2) is 9.18 Å². The number of hydrogen-bond donors (Lipinski definition) is 0. The number of carbonyl (C=O) groups is 2. The van der Waals surface area contributed by atoms with Gasteiger partial charge in [-0.2, -0.15) is 5.10 Å². The quantitative estimate of drug-likeness (QED) is 0.324. The normalized spacial score (nSPS) is 13.4. The average molecular weight is 533 g/mol. The summed E-state index contributed by atoms with van der Waals surface area (Å²) in [5.74, 6) is -0.786. The van der Waals surface area contributed by atoms with Crippen molar-refractivity contribution in [2.45, 2.75) is 6.54 Å². The maximum Gasteiger partial charge on any atom is 0.409 e. The van der Waals surface area contributed by atoms with Gasteiger partial charge in [-0.05, 0) is 29.8 Å². The number of rotatable bonds is 6. The SMILES string of the molecule is O=C(OCCn1nc(-c2ccccc2)cc1-c1ccccc1)N1CCN(C(=O)c2ccc(F)cc2Cl)CC1. The van der Waals surface area contributed by atoms with Gasteiger partial charge in [0.1, 0.15) is 12.4 Å².